The van der Waals surface area contributed by atoms with E-state index in [0.29, 0.717) is 28.0 Å². The molecule has 2 aromatic carbocycles. The summed E-state index contributed by atoms with van der Waals surface area (Å²) in [5, 5.41) is 9.84. The van der Waals surface area contributed by atoms with Crippen molar-refractivity contribution < 1.29 is 4.42 Å². The lowest BCUT2D eigenvalue weighted by molar-refractivity contribution is 0.327. The first-order chi connectivity index (χ1) is 15.7. The summed E-state index contributed by atoms with van der Waals surface area (Å²) in [7, 11) is 2.15. The third-order valence-electron chi connectivity index (χ3n) is 5.14. The van der Waals surface area contributed by atoms with Gasteiger partial charge in [0.05, 0.1) is 6.54 Å². The molecule has 0 aliphatic heterocycles. The molecule has 5 aromatic rings. The van der Waals surface area contributed by atoms with E-state index in [9.17, 15) is 0 Å². The van der Waals surface area contributed by atoms with Crippen LogP contribution >= 0.6 is 11.8 Å². The van der Waals surface area contributed by atoms with Crippen LogP contribution in [0.4, 0.5) is 0 Å². The van der Waals surface area contributed by atoms with E-state index < -0.39 is 0 Å². The molecule has 8 nitrogen and oxygen atoms in total. The maximum Gasteiger partial charge on any atom is 0.263 e. The number of nitrogens with zero attached hydrogens (tertiary/aromatic N) is 7. The van der Waals surface area contributed by atoms with Crippen LogP contribution in [0.25, 0.3) is 22.3 Å². The molecule has 0 bridgehead atoms. The number of fused-ring (bicyclic) bond motifs is 2. The maximum absolute atomic E-state index is 5.81. The number of aromatic nitrogens is 6. The van der Waals surface area contributed by atoms with Gasteiger partial charge in [-0.1, -0.05) is 48.5 Å². The number of oxazole rings is 1. The number of benzene rings is 2. The fraction of sp³-hybridized carbons (Fsp3) is 0.261. The highest BCUT2D eigenvalue weighted by Gasteiger charge is 2.16. The van der Waals surface area contributed by atoms with Crippen molar-refractivity contribution in [1.29, 1.82) is 0 Å². The lowest BCUT2D eigenvalue weighted by Gasteiger charge is -2.15. The van der Waals surface area contributed by atoms with E-state index >= 15 is 0 Å². The van der Waals surface area contributed by atoms with E-state index in [1.807, 2.05) is 24.3 Å². The number of para-hydroxylation sites is 2. The molecule has 3 aromatic heterocycles. The largest absolute Gasteiger partial charge is 0.431 e. The van der Waals surface area contributed by atoms with Crippen molar-refractivity contribution in [2.75, 3.05) is 13.6 Å². The van der Waals surface area contributed by atoms with Gasteiger partial charge in [-0.05, 0) is 55.0 Å². The van der Waals surface area contributed by atoms with Crippen LogP contribution in [0.5, 0.6) is 0 Å². The Labute approximate surface area is 189 Å². The van der Waals surface area contributed by atoms with E-state index in [4.69, 9.17) is 4.42 Å². The minimum absolute atomic E-state index is 0.518. The Hall–Kier alpha value is -3.30. The smallest absolute Gasteiger partial charge is 0.263 e. The summed E-state index contributed by atoms with van der Waals surface area (Å²) in [4.78, 5) is 15.6. The van der Waals surface area contributed by atoms with Crippen LogP contribution in [0.2, 0.25) is 0 Å². The Kier molecular flexibility index (Phi) is 5.83. The standard InChI is InChI=1S/C23H23N7OS/c1-3-12-29(2)13-16-8-10-17(11-9-16)14-30-21-20(27-28-30)22(25-15-24-21)32-23-26-18-6-4-5-7-19(18)31-23/h4-11,15H,3,12-14H2,1-2H3. The predicted molar refractivity (Wildman–Crippen MR) is 123 cm³/mol. The quantitative estimate of drug-likeness (QED) is 0.325. The molecule has 0 saturated heterocycles. The molecule has 0 atom stereocenters. The Balaban J connectivity index is 1.34. The Morgan fingerprint density at radius 3 is 2.66 bits per heavy atom. The van der Waals surface area contributed by atoms with Crippen LogP contribution in [0.1, 0.15) is 24.5 Å². The van der Waals surface area contributed by atoms with E-state index in [2.05, 4.69) is 68.4 Å². The number of hydrogen-bond acceptors (Lipinski definition) is 8. The van der Waals surface area contributed by atoms with Gasteiger partial charge in [-0.3, -0.25) is 0 Å². The number of hydrogen-bond donors (Lipinski definition) is 0. The van der Waals surface area contributed by atoms with Gasteiger partial charge in [0.2, 0.25) is 0 Å². The summed E-state index contributed by atoms with van der Waals surface area (Å²) in [5.41, 5.74) is 5.32. The normalized spacial score (nSPS) is 11.7. The molecule has 0 aliphatic carbocycles. The van der Waals surface area contributed by atoms with Crippen LogP contribution in [0.15, 0.2) is 69.5 Å². The Morgan fingerprint density at radius 1 is 1.03 bits per heavy atom. The highest BCUT2D eigenvalue weighted by Crippen LogP contribution is 2.31. The van der Waals surface area contributed by atoms with Crippen molar-refractivity contribution in [2.24, 2.45) is 0 Å². The van der Waals surface area contributed by atoms with Crippen molar-refractivity contribution in [3.63, 3.8) is 0 Å². The first kappa shape index (κ1) is 20.6. The molecule has 0 N–H and O–H groups in total. The third kappa shape index (κ3) is 4.35. The van der Waals surface area contributed by atoms with Gasteiger partial charge in [-0.15, -0.1) is 5.10 Å². The van der Waals surface area contributed by atoms with Crippen LogP contribution < -0.4 is 0 Å². The van der Waals surface area contributed by atoms with Gasteiger partial charge < -0.3 is 9.32 Å². The van der Waals surface area contributed by atoms with Crippen LogP contribution in [-0.2, 0) is 13.1 Å². The van der Waals surface area contributed by atoms with Gasteiger partial charge in [-0.25, -0.2) is 19.6 Å². The molecule has 0 fully saturated rings. The fourth-order valence-corrected chi connectivity index (χ4v) is 4.39. The van der Waals surface area contributed by atoms with Crippen molar-refractivity contribution in [3.05, 3.63) is 66.0 Å². The second kappa shape index (κ2) is 9.05. The molecule has 0 unspecified atom stereocenters. The molecular formula is C23H23N7OS. The second-order valence-corrected chi connectivity index (χ2v) is 8.64. The molecule has 32 heavy (non-hydrogen) atoms. The van der Waals surface area contributed by atoms with Crippen molar-refractivity contribution >= 4 is 34.0 Å². The Morgan fingerprint density at radius 2 is 1.84 bits per heavy atom. The summed E-state index contributed by atoms with van der Waals surface area (Å²) < 4.78 is 7.61. The van der Waals surface area contributed by atoms with E-state index in [1.165, 1.54) is 23.7 Å². The zero-order valence-corrected chi connectivity index (χ0v) is 18.8. The molecule has 0 spiro atoms. The maximum atomic E-state index is 5.81. The first-order valence-electron chi connectivity index (χ1n) is 10.5. The minimum atomic E-state index is 0.518. The molecule has 0 radical (unpaired) electrons. The summed E-state index contributed by atoms with van der Waals surface area (Å²) in [5.74, 6) is 0. The molecular weight excluding hydrogens is 422 g/mol. The molecule has 162 valence electrons. The molecule has 0 amide bonds. The van der Waals surface area contributed by atoms with Gasteiger partial charge in [0, 0.05) is 6.54 Å². The van der Waals surface area contributed by atoms with E-state index in [1.54, 1.807) is 4.68 Å². The average Bonchev–Trinajstić information content (AvgIpc) is 3.39. The van der Waals surface area contributed by atoms with Crippen molar-refractivity contribution in [3.8, 4) is 0 Å². The highest BCUT2D eigenvalue weighted by atomic mass is 32.2. The van der Waals surface area contributed by atoms with Gasteiger partial charge >= 0.3 is 0 Å². The van der Waals surface area contributed by atoms with Crippen molar-refractivity contribution in [1.82, 2.24) is 34.8 Å². The zero-order chi connectivity index (χ0) is 21.9. The highest BCUT2D eigenvalue weighted by molar-refractivity contribution is 7.99. The molecule has 9 heteroatoms. The second-order valence-electron chi connectivity index (χ2n) is 7.70. The summed E-state index contributed by atoms with van der Waals surface area (Å²) in [6, 6.07) is 16.3. The molecule has 0 saturated carbocycles. The lowest BCUT2D eigenvalue weighted by Crippen LogP contribution is -2.18. The van der Waals surface area contributed by atoms with Gasteiger partial charge in [-0.2, -0.15) is 0 Å². The summed E-state index contributed by atoms with van der Waals surface area (Å²) in [6.07, 6.45) is 2.68. The van der Waals surface area contributed by atoms with E-state index in [0.717, 1.165) is 36.2 Å². The van der Waals surface area contributed by atoms with Gasteiger partial charge in [0.15, 0.2) is 16.7 Å². The first-order valence-corrected chi connectivity index (χ1v) is 11.3. The third-order valence-corrected chi connectivity index (χ3v) is 5.98. The SMILES string of the molecule is CCCN(C)Cc1ccc(Cn2nnc3c(Sc4nc5ccccc5o4)ncnc32)cc1. The molecule has 3 heterocycles. The Bertz CT molecular complexity index is 1310. The van der Waals surface area contributed by atoms with Crippen LogP contribution in [0, 0.1) is 0 Å². The summed E-state index contributed by atoms with van der Waals surface area (Å²) >= 11 is 1.32. The fourth-order valence-electron chi connectivity index (χ4n) is 3.63. The summed E-state index contributed by atoms with van der Waals surface area (Å²) in [6.45, 7) is 4.83. The van der Waals surface area contributed by atoms with E-state index in [-0.39, 0.29) is 0 Å². The predicted octanol–water partition coefficient (Wildman–Crippen LogP) is 4.40. The molecule has 0 aliphatic rings. The van der Waals surface area contributed by atoms with Gasteiger partial charge in [0.1, 0.15) is 16.9 Å². The van der Waals surface area contributed by atoms with Crippen LogP contribution in [-0.4, -0.2) is 48.4 Å². The van der Waals surface area contributed by atoms with Crippen molar-refractivity contribution in [2.45, 2.75) is 36.7 Å². The monoisotopic (exact) mass is 445 g/mol. The zero-order valence-electron chi connectivity index (χ0n) is 18.0. The number of rotatable bonds is 8. The molecule has 5 rings (SSSR count). The average molecular weight is 446 g/mol. The topological polar surface area (TPSA) is 85.8 Å². The van der Waals surface area contributed by atoms with Gasteiger partial charge in [0.25, 0.3) is 5.22 Å². The minimum Gasteiger partial charge on any atom is -0.431 e. The lowest BCUT2D eigenvalue weighted by atomic mass is 10.1. The van der Waals surface area contributed by atoms with Crippen LogP contribution in [0.3, 0.4) is 0 Å².